The highest BCUT2D eigenvalue weighted by atomic mass is 16.3. The first-order valence-electron chi connectivity index (χ1n) is 14.1. The van der Waals surface area contributed by atoms with Crippen LogP contribution >= 0.6 is 0 Å². The second-order valence-corrected chi connectivity index (χ2v) is 10.7. The lowest BCUT2D eigenvalue weighted by Crippen LogP contribution is -2.65. The largest absolute Gasteiger partial charge is 0.463 e. The molecule has 0 spiro atoms. The first-order chi connectivity index (χ1) is 17.5. The molecule has 3 heterocycles. The lowest BCUT2D eigenvalue weighted by molar-refractivity contribution is -0.133. The molecule has 2 aliphatic rings. The maximum Gasteiger partial charge on any atom is 0.271 e. The molecular weight excluding hydrogens is 452 g/mol. The average Bonchev–Trinajstić information content (AvgIpc) is 3.52. The Balaban J connectivity index is 1.61. The highest BCUT2D eigenvalue weighted by Gasteiger charge is 2.48. The van der Waals surface area contributed by atoms with Crippen molar-refractivity contribution in [1.29, 1.82) is 0 Å². The number of nitrogens with one attached hydrogen (secondary N) is 1. The Bertz CT molecular complexity index is 990. The van der Waals surface area contributed by atoms with E-state index < -0.39 is 5.54 Å². The number of furan rings is 1. The smallest absolute Gasteiger partial charge is 0.271 e. The van der Waals surface area contributed by atoms with Crippen LogP contribution in [0.15, 0.2) is 34.9 Å². The van der Waals surface area contributed by atoms with Gasteiger partial charge in [-0.15, -0.1) is 0 Å². The lowest BCUT2D eigenvalue weighted by atomic mass is 9.92. The van der Waals surface area contributed by atoms with Gasteiger partial charge in [-0.1, -0.05) is 52.4 Å². The van der Waals surface area contributed by atoms with E-state index in [9.17, 15) is 9.59 Å². The van der Waals surface area contributed by atoms with E-state index >= 15 is 0 Å². The van der Waals surface area contributed by atoms with E-state index in [0.29, 0.717) is 24.5 Å². The molecule has 4 rings (SSSR count). The van der Waals surface area contributed by atoms with Crippen LogP contribution in [0.2, 0.25) is 0 Å². The van der Waals surface area contributed by atoms with Crippen LogP contribution < -0.4 is 5.32 Å². The minimum absolute atomic E-state index is 0.0391. The molecule has 0 unspecified atom stereocenters. The van der Waals surface area contributed by atoms with E-state index in [-0.39, 0.29) is 17.9 Å². The summed E-state index contributed by atoms with van der Waals surface area (Å²) in [6.45, 7) is 9.97. The predicted octanol–water partition coefficient (Wildman–Crippen LogP) is 5.31. The van der Waals surface area contributed by atoms with E-state index in [1.165, 1.54) is 19.3 Å². The number of fused-ring (bicyclic) bond motifs is 1. The second-order valence-electron chi connectivity index (χ2n) is 10.7. The number of nitrogens with zero attached hydrogens (tertiary/aromatic N) is 3. The van der Waals surface area contributed by atoms with Gasteiger partial charge < -0.3 is 24.1 Å². The minimum atomic E-state index is -0.975. The Kier molecular flexibility index (Phi) is 8.94. The predicted molar refractivity (Wildman–Crippen MR) is 143 cm³/mol. The zero-order valence-electron chi connectivity index (χ0n) is 22.4. The van der Waals surface area contributed by atoms with Crippen LogP contribution in [0, 0.1) is 0 Å². The Morgan fingerprint density at radius 1 is 1.08 bits per heavy atom. The van der Waals surface area contributed by atoms with Gasteiger partial charge in [0.2, 0.25) is 5.91 Å². The Hall–Kier alpha value is -2.54. The van der Waals surface area contributed by atoms with Crippen LogP contribution in [0.1, 0.15) is 89.0 Å². The van der Waals surface area contributed by atoms with Gasteiger partial charge in [0.05, 0.1) is 18.5 Å². The number of hydrogen-bond donors (Lipinski definition) is 1. The molecule has 1 atom stereocenters. The molecule has 0 bridgehead atoms. The van der Waals surface area contributed by atoms with Gasteiger partial charge in [-0.25, -0.2) is 0 Å². The molecule has 36 heavy (non-hydrogen) atoms. The van der Waals surface area contributed by atoms with Crippen molar-refractivity contribution in [2.45, 2.75) is 96.7 Å². The fraction of sp³-hybridized carbons (Fsp3) is 0.655. The molecule has 1 aliphatic carbocycles. The van der Waals surface area contributed by atoms with Gasteiger partial charge >= 0.3 is 0 Å². The van der Waals surface area contributed by atoms with Crippen molar-refractivity contribution < 1.29 is 14.0 Å². The highest BCUT2D eigenvalue weighted by Crippen LogP contribution is 2.33. The number of likely N-dealkylation sites (N-methyl/N-ethyl adjacent to an activating group) is 1. The molecule has 1 N–H and O–H groups in total. The summed E-state index contributed by atoms with van der Waals surface area (Å²) in [7, 11) is 0. The average molecular weight is 497 g/mol. The third-order valence-electron chi connectivity index (χ3n) is 8.12. The maximum absolute atomic E-state index is 14.0. The normalized spacial score (nSPS) is 21.3. The fourth-order valence-electron chi connectivity index (χ4n) is 5.75. The third kappa shape index (κ3) is 5.72. The Morgan fingerprint density at radius 2 is 1.81 bits per heavy atom. The van der Waals surface area contributed by atoms with E-state index in [1.807, 2.05) is 40.7 Å². The van der Waals surface area contributed by atoms with Crippen LogP contribution in [-0.2, 0) is 11.3 Å². The zero-order chi connectivity index (χ0) is 25.5. The summed E-state index contributed by atoms with van der Waals surface area (Å²) in [4.78, 5) is 32.1. The molecule has 7 nitrogen and oxygen atoms in total. The van der Waals surface area contributed by atoms with Crippen molar-refractivity contribution >= 4 is 11.8 Å². The van der Waals surface area contributed by atoms with Gasteiger partial charge in [-0.05, 0) is 63.5 Å². The zero-order valence-corrected chi connectivity index (χ0v) is 22.4. The van der Waals surface area contributed by atoms with Crippen LogP contribution in [-0.4, -0.2) is 63.9 Å². The fourth-order valence-corrected chi connectivity index (χ4v) is 5.75. The first kappa shape index (κ1) is 26.5. The van der Waals surface area contributed by atoms with Crippen LogP contribution in [0.5, 0.6) is 0 Å². The summed E-state index contributed by atoms with van der Waals surface area (Å²) in [6.07, 6.45) is 12.0. The van der Waals surface area contributed by atoms with Gasteiger partial charge in [-0.3, -0.25) is 9.59 Å². The van der Waals surface area contributed by atoms with E-state index in [2.05, 4.69) is 24.1 Å². The first-order valence-corrected chi connectivity index (χ1v) is 14.1. The van der Waals surface area contributed by atoms with Crippen molar-refractivity contribution in [2.24, 2.45) is 0 Å². The molecule has 0 aromatic carbocycles. The molecule has 2 aromatic rings. The number of amides is 2. The monoisotopic (exact) mass is 496 g/mol. The summed E-state index contributed by atoms with van der Waals surface area (Å²) < 4.78 is 7.64. The van der Waals surface area contributed by atoms with Gasteiger partial charge in [-0.2, -0.15) is 0 Å². The molecule has 0 radical (unpaired) electrons. The molecule has 1 saturated carbocycles. The Labute approximate surface area is 216 Å². The number of hydrogen-bond acceptors (Lipinski definition) is 4. The topological polar surface area (TPSA) is 70.7 Å². The standard InChI is InChI=1S/C29H44N4O3/c1-4-6-18-31(5-2)19-20-33-27(34)25-17-16-24(26-15-12-21-36-26)32(25)22-29(33,3)28(35)30-23-13-10-8-7-9-11-14-23/h12,15-17,21,23H,4-11,13-14,18-20,22H2,1-3H3,(H,30,35)/t29-/m1/s1. The minimum Gasteiger partial charge on any atom is -0.463 e. The van der Waals surface area contributed by atoms with Crippen molar-refractivity contribution in [1.82, 2.24) is 19.7 Å². The van der Waals surface area contributed by atoms with Gasteiger partial charge in [0.25, 0.3) is 5.91 Å². The molecule has 1 aliphatic heterocycles. The van der Waals surface area contributed by atoms with Gasteiger partial charge in [0.15, 0.2) is 0 Å². The molecule has 2 aromatic heterocycles. The van der Waals surface area contributed by atoms with Crippen LogP contribution in [0.4, 0.5) is 0 Å². The summed E-state index contributed by atoms with van der Waals surface area (Å²) in [5, 5.41) is 3.38. The maximum atomic E-state index is 14.0. The van der Waals surface area contributed by atoms with Gasteiger partial charge in [0.1, 0.15) is 17.0 Å². The summed E-state index contributed by atoms with van der Waals surface area (Å²) in [6, 6.07) is 7.73. The summed E-state index contributed by atoms with van der Waals surface area (Å²) >= 11 is 0. The van der Waals surface area contributed by atoms with Crippen molar-refractivity contribution in [3.63, 3.8) is 0 Å². The Morgan fingerprint density at radius 3 is 2.47 bits per heavy atom. The molecule has 1 fully saturated rings. The number of aromatic nitrogens is 1. The number of carbonyl (C=O) groups excluding carboxylic acids is 2. The number of unbranched alkanes of at least 4 members (excludes halogenated alkanes) is 1. The van der Waals surface area contributed by atoms with Crippen LogP contribution in [0.3, 0.4) is 0 Å². The van der Waals surface area contributed by atoms with E-state index in [1.54, 1.807) is 6.26 Å². The second kappa shape index (κ2) is 12.1. The molecular formula is C29H44N4O3. The molecule has 2 amide bonds. The SMILES string of the molecule is CCCCN(CC)CCN1C(=O)c2ccc(-c3ccco3)n2C[C@]1(C)C(=O)NC1CCCCCCC1. The highest BCUT2D eigenvalue weighted by molar-refractivity contribution is 6.00. The molecule has 7 heteroatoms. The van der Waals surface area contributed by atoms with E-state index in [0.717, 1.165) is 63.9 Å². The van der Waals surface area contributed by atoms with Crippen molar-refractivity contribution in [3.8, 4) is 11.5 Å². The lowest BCUT2D eigenvalue weighted by Gasteiger charge is -2.45. The quantitative estimate of drug-likeness (QED) is 0.484. The van der Waals surface area contributed by atoms with Gasteiger partial charge in [0, 0.05) is 19.1 Å². The number of rotatable bonds is 10. The third-order valence-corrected chi connectivity index (χ3v) is 8.12. The van der Waals surface area contributed by atoms with E-state index in [4.69, 9.17) is 4.42 Å². The molecule has 198 valence electrons. The van der Waals surface area contributed by atoms with Crippen molar-refractivity contribution in [3.05, 3.63) is 36.2 Å². The summed E-state index contributed by atoms with van der Waals surface area (Å²) in [5.41, 5.74) is 0.483. The van der Waals surface area contributed by atoms with Crippen LogP contribution in [0.25, 0.3) is 11.5 Å². The number of carbonyl (C=O) groups is 2. The summed E-state index contributed by atoms with van der Waals surface area (Å²) in [5.74, 6) is 0.589. The van der Waals surface area contributed by atoms with Crippen molar-refractivity contribution in [2.75, 3.05) is 26.2 Å². The molecule has 0 saturated heterocycles.